The van der Waals surface area contributed by atoms with Gasteiger partial charge in [-0.2, -0.15) is 0 Å². The van der Waals surface area contributed by atoms with E-state index >= 15 is 0 Å². The summed E-state index contributed by atoms with van der Waals surface area (Å²) in [4.78, 5) is 3.65. The summed E-state index contributed by atoms with van der Waals surface area (Å²) in [5.41, 5.74) is 1.20. The lowest BCUT2D eigenvalue weighted by atomic mass is 9.83. The van der Waals surface area contributed by atoms with Crippen LogP contribution in [0.15, 0.2) is 47.4 Å². The molecular weight excluding hydrogens is 418 g/mol. The fraction of sp³-hybridized carbons (Fsp3) is 0.556. The second-order valence-corrected chi connectivity index (χ2v) is 10.7. The van der Waals surface area contributed by atoms with Crippen LogP contribution in [0.3, 0.4) is 0 Å². The van der Waals surface area contributed by atoms with E-state index in [4.69, 9.17) is 9.47 Å². The van der Waals surface area contributed by atoms with E-state index in [1.807, 2.05) is 17.8 Å². The van der Waals surface area contributed by atoms with Crippen LogP contribution in [0.1, 0.15) is 63.0 Å². The molecule has 0 bridgehead atoms. The smallest absolute Gasteiger partial charge is 0.137 e. The highest BCUT2D eigenvalue weighted by atomic mass is 32.2. The Morgan fingerprint density at radius 3 is 2.47 bits per heavy atom. The molecule has 2 heterocycles. The zero-order chi connectivity index (χ0) is 21.8. The zero-order valence-corrected chi connectivity index (χ0v) is 19.7. The number of thioether (sulfide) groups is 1. The van der Waals surface area contributed by atoms with Gasteiger partial charge in [-0.15, -0.1) is 11.8 Å². The van der Waals surface area contributed by atoms with Gasteiger partial charge in [-0.3, -0.25) is 4.90 Å². The van der Waals surface area contributed by atoms with Gasteiger partial charge >= 0.3 is 0 Å². The lowest BCUT2D eigenvalue weighted by molar-refractivity contribution is 0.152. The van der Waals surface area contributed by atoms with Crippen molar-refractivity contribution in [3.63, 3.8) is 0 Å². The average Bonchev–Trinajstić information content (AvgIpc) is 2.85. The number of hydrogen-bond donors (Lipinski definition) is 1. The second-order valence-electron chi connectivity index (χ2n) is 9.47. The number of rotatable bonds is 6. The second kappa shape index (κ2) is 10.4. The first-order valence-electron chi connectivity index (χ1n) is 12.4. The molecule has 0 spiro atoms. The van der Waals surface area contributed by atoms with Gasteiger partial charge < -0.3 is 14.6 Å². The van der Waals surface area contributed by atoms with E-state index < -0.39 is 0 Å². The Labute approximate surface area is 196 Å². The number of nitrogens with zero attached hydrogens (tertiary/aromatic N) is 1. The molecule has 2 aromatic carbocycles. The largest absolute Gasteiger partial charge is 0.508 e. The summed E-state index contributed by atoms with van der Waals surface area (Å²) in [5, 5.41) is 10.4. The summed E-state index contributed by atoms with van der Waals surface area (Å²) in [6.07, 6.45) is 10.6. The van der Waals surface area contributed by atoms with Crippen molar-refractivity contribution >= 4 is 11.8 Å². The van der Waals surface area contributed by atoms with Gasteiger partial charge in [0.1, 0.15) is 30.0 Å². The van der Waals surface area contributed by atoms with Gasteiger partial charge in [0.25, 0.3) is 0 Å². The Morgan fingerprint density at radius 1 is 0.938 bits per heavy atom. The van der Waals surface area contributed by atoms with Crippen molar-refractivity contribution in [2.24, 2.45) is 5.92 Å². The molecule has 172 valence electrons. The zero-order valence-electron chi connectivity index (χ0n) is 18.9. The minimum absolute atomic E-state index is 0.000185. The van der Waals surface area contributed by atoms with Crippen LogP contribution >= 0.6 is 11.8 Å². The van der Waals surface area contributed by atoms with E-state index in [1.165, 1.54) is 70.0 Å². The predicted molar refractivity (Wildman–Crippen MR) is 130 cm³/mol. The van der Waals surface area contributed by atoms with E-state index in [0.717, 1.165) is 29.5 Å². The highest BCUT2D eigenvalue weighted by molar-refractivity contribution is 8.00. The number of phenols is 1. The van der Waals surface area contributed by atoms with Crippen molar-refractivity contribution in [3.05, 3.63) is 48.0 Å². The van der Waals surface area contributed by atoms with Gasteiger partial charge in [0.2, 0.25) is 0 Å². The van der Waals surface area contributed by atoms with Crippen LogP contribution < -0.4 is 9.47 Å². The van der Waals surface area contributed by atoms with Crippen molar-refractivity contribution < 1.29 is 14.6 Å². The van der Waals surface area contributed by atoms with Gasteiger partial charge in [-0.05, 0) is 74.5 Å². The molecule has 2 atom stereocenters. The van der Waals surface area contributed by atoms with E-state index in [2.05, 4.69) is 29.2 Å². The molecule has 0 aromatic heterocycles. The first-order chi connectivity index (χ1) is 15.8. The quantitative estimate of drug-likeness (QED) is 0.546. The van der Waals surface area contributed by atoms with Gasteiger partial charge in [-0.25, -0.2) is 0 Å². The standard InChI is InChI=1S/C27H35NO3S/c29-22-11-14-25-24(19-22)31-26(27(32-25)21-7-3-1-4-8-21)20-9-12-23(13-10-20)30-18-17-28-15-5-2-6-16-28/h9-14,19,21,26-27,29H,1-8,15-18H2/t26-,27-/m0/s1. The molecule has 2 aliphatic heterocycles. The SMILES string of the molecule is Oc1ccc2c(c1)O[C@@H](c1ccc(OCCN3CCCCC3)cc1)[C@H](C1CCCCC1)S2. The van der Waals surface area contributed by atoms with Gasteiger partial charge in [0.15, 0.2) is 0 Å². The molecule has 0 radical (unpaired) electrons. The number of aromatic hydroxyl groups is 1. The lowest BCUT2D eigenvalue weighted by Crippen LogP contribution is -2.33. The van der Waals surface area contributed by atoms with Crippen LogP contribution in [0.25, 0.3) is 0 Å². The Bertz CT molecular complexity index is 875. The maximum Gasteiger partial charge on any atom is 0.137 e. The van der Waals surface area contributed by atoms with Crippen LogP contribution in [-0.4, -0.2) is 41.5 Å². The molecule has 2 fully saturated rings. The van der Waals surface area contributed by atoms with Crippen LogP contribution in [0.5, 0.6) is 17.2 Å². The molecule has 32 heavy (non-hydrogen) atoms. The fourth-order valence-corrected chi connectivity index (χ4v) is 6.86. The highest BCUT2D eigenvalue weighted by Gasteiger charge is 2.38. The first-order valence-corrected chi connectivity index (χ1v) is 13.3. The summed E-state index contributed by atoms with van der Waals surface area (Å²) in [7, 11) is 0. The monoisotopic (exact) mass is 453 g/mol. The normalized spacial score (nSPS) is 24.5. The number of hydrogen-bond acceptors (Lipinski definition) is 5. The Morgan fingerprint density at radius 2 is 1.69 bits per heavy atom. The van der Waals surface area contributed by atoms with Crippen molar-refractivity contribution in [2.45, 2.75) is 67.6 Å². The summed E-state index contributed by atoms with van der Waals surface area (Å²) < 4.78 is 12.6. The third-order valence-electron chi connectivity index (χ3n) is 7.19. The van der Waals surface area contributed by atoms with Crippen LogP contribution in [0, 0.1) is 5.92 Å². The maximum atomic E-state index is 9.96. The number of fused-ring (bicyclic) bond motifs is 1. The summed E-state index contributed by atoms with van der Waals surface area (Å²) in [6, 6.07) is 14.1. The third-order valence-corrected chi connectivity index (χ3v) is 8.69. The molecule has 1 aliphatic carbocycles. The molecular formula is C27H35NO3S. The van der Waals surface area contributed by atoms with Crippen molar-refractivity contribution in [1.82, 2.24) is 4.90 Å². The van der Waals surface area contributed by atoms with Crippen molar-refractivity contribution in [2.75, 3.05) is 26.2 Å². The third kappa shape index (κ3) is 5.20. The molecule has 5 rings (SSSR count). The molecule has 1 saturated carbocycles. The number of ether oxygens (including phenoxy) is 2. The predicted octanol–water partition coefficient (Wildman–Crippen LogP) is 6.43. The number of likely N-dealkylation sites (tertiary alicyclic amines) is 1. The number of phenolic OH excluding ortho intramolecular Hbond substituents is 1. The molecule has 2 aromatic rings. The van der Waals surface area contributed by atoms with Crippen molar-refractivity contribution in [3.8, 4) is 17.2 Å². The topological polar surface area (TPSA) is 41.9 Å². The van der Waals surface area contributed by atoms with Crippen LogP contribution in [-0.2, 0) is 0 Å². The summed E-state index contributed by atoms with van der Waals surface area (Å²) >= 11 is 1.94. The van der Waals surface area contributed by atoms with Crippen LogP contribution in [0.4, 0.5) is 0 Å². The van der Waals surface area contributed by atoms with Gasteiger partial charge in [0, 0.05) is 12.6 Å². The number of benzene rings is 2. The Balaban J connectivity index is 1.28. The maximum absolute atomic E-state index is 9.96. The van der Waals surface area contributed by atoms with Crippen molar-refractivity contribution in [1.29, 1.82) is 0 Å². The van der Waals surface area contributed by atoms with E-state index in [0.29, 0.717) is 11.2 Å². The van der Waals surface area contributed by atoms with E-state index in [-0.39, 0.29) is 11.9 Å². The van der Waals surface area contributed by atoms with E-state index in [1.54, 1.807) is 12.1 Å². The molecule has 3 aliphatic rings. The molecule has 1 N–H and O–H groups in total. The first kappa shape index (κ1) is 22.0. The van der Waals surface area contributed by atoms with Gasteiger partial charge in [-0.1, -0.05) is 37.8 Å². The summed E-state index contributed by atoms with van der Waals surface area (Å²) in [6.45, 7) is 4.16. The molecule has 4 nitrogen and oxygen atoms in total. The minimum Gasteiger partial charge on any atom is -0.508 e. The fourth-order valence-electron chi connectivity index (χ4n) is 5.39. The molecule has 0 amide bonds. The van der Waals surface area contributed by atoms with Crippen LogP contribution in [0.2, 0.25) is 0 Å². The average molecular weight is 454 g/mol. The lowest BCUT2D eigenvalue weighted by Gasteiger charge is -2.39. The van der Waals surface area contributed by atoms with E-state index in [9.17, 15) is 5.11 Å². The Hall–Kier alpha value is -1.85. The van der Waals surface area contributed by atoms with Gasteiger partial charge in [0.05, 0.1) is 10.1 Å². The minimum atomic E-state index is -0.000185. The molecule has 1 saturated heterocycles. The molecule has 5 heteroatoms. The summed E-state index contributed by atoms with van der Waals surface area (Å²) in [5.74, 6) is 2.66. The number of piperidine rings is 1. The molecule has 0 unspecified atom stereocenters. The highest BCUT2D eigenvalue weighted by Crippen LogP contribution is 2.51. The Kier molecular flexibility index (Phi) is 7.13.